The van der Waals surface area contributed by atoms with Crippen LogP contribution >= 0.6 is 7.75 Å². The molecule has 0 saturated carbocycles. The normalized spacial score (nSPS) is 23.5. The van der Waals surface area contributed by atoms with Gasteiger partial charge >= 0.3 is 25.8 Å². The molecule has 0 bridgehead atoms. The number of benzene rings is 1. The number of aryl methyl sites for hydroxylation is 1. The van der Waals surface area contributed by atoms with E-state index in [2.05, 4.69) is 20.0 Å². The number of imidazole rings is 1. The van der Waals surface area contributed by atoms with Gasteiger partial charge in [0.05, 0.1) is 25.1 Å². The molecule has 2 aliphatic rings. The Balaban J connectivity index is 1.41. The van der Waals surface area contributed by atoms with Crippen LogP contribution in [0.1, 0.15) is 59.8 Å². The number of aromatic nitrogens is 4. The molecule has 5 rings (SSSR count). The average Bonchev–Trinajstić information content (AvgIpc) is 3.63. The zero-order valence-electron chi connectivity index (χ0n) is 27.9. The van der Waals surface area contributed by atoms with Crippen LogP contribution in [0.2, 0.25) is 0 Å². The van der Waals surface area contributed by atoms with Crippen LogP contribution in [0.15, 0.2) is 30.6 Å². The Bertz CT molecular complexity index is 1770. The number of carbonyl (C=O) groups excluding carboxylic acids is 3. The quantitative estimate of drug-likeness (QED) is 0.124. The first-order chi connectivity index (χ1) is 23.1. The highest BCUT2D eigenvalue weighted by atomic mass is 31.2. The molecular weight excluding hydrogens is 665 g/mol. The number of carbonyl (C=O) groups is 3. The first-order valence-corrected chi connectivity index (χ1v) is 17.1. The number of nitrogens with two attached hydrogens (primary N) is 2. The summed E-state index contributed by atoms with van der Waals surface area (Å²) in [5.41, 5.74) is 11.4. The number of nitrogen functional groups attached to an aromatic ring is 2. The summed E-state index contributed by atoms with van der Waals surface area (Å²) in [7, 11) is -4.45. The van der Waals surface area contributed by atoms with Crippen molar-refractivity contribution in [2.45, 2.75) is 96.7 Å². The number of rotatable bonds is 14. The highest BCUT2D eigenvalue weighted by Gasteiger charge is 2.64. The number of hydrogen-bond donors (Lipinski definition) is 3. The van der Waals surface area contributed by atoms with Gasteiger partial charge in [0.15, 0.2) is 29.4 Å². The van der Waals surface area contributed by atoms with Crippen molar-refractivity contribution in [3.63, 3.8) is 0 Å². The number of fused-ring (bicyclic) bond motifs is 2. The molecule has 2 saturated heterocycles. The van der Waals surface area contributed by atoms with Gasteiger partial charge < -0.3 is 39.7 Å². The van der Waals surface area contributed by atoms with Gasteiger partial charge in [-0.1, -0.05) is 18.2 Å². The number of nitrogens with one attached hydrogen (secondary N) is 1. The molecule has 5 N–H and O–H groups in total. The summed E-state index contributed by atoms with van der Waals surface area (Å²) in [5.74, 6) is -1.07. The van der Waals surface area contributed by atoms with Crippen molar-refractivity contribution >= 4 is 48.8 Å². The predicted molar refractivity (Wildman–Crippen MR) is 172 cm³/mol. The molecule has 0 aliphatic carbocycles. The Morgan fingerprint density at radius 2 is 1.82 bits per heavy atom. The van der Waals surface area contributed by atoms with E-state index in [1.165, 1.54) is 17.8 Å². The van der Waals surface area contributed by atoms with E-state index in [1.54, 1.807) is 58.9 Å². The van der Waals surface area contributed by atoms with E-state index < -0.39 is 68.6 Å². The van der Waals surface area contributed by atoms with Gasteiger partial charge in [0.1, 0.15) is 23.4 Å². The molecule has 0 spiro atoms. The van der Waals surface area contributed by atoms with Crippen molar-refractivity contribution in [3.05, 3.63) is 36.2 Å². The smallest absolute Gasteiger partial charge is 0.463 e. The van der Waals surface area contributed by atoms with Crippen molar-refractivity contribution in [1.29, 1.82) is 0 Å². The molecule has 0 radical (unpaired) electrons. The summed E-state index contributed by atoms with van der Waals surface area (Å²) in [6, 6.07) is 5.47. The van der Waals surface area contributed by atoms with E-state index >= 15 is 0 Å². The Hall–Kier alpha value is -4.51. The van der Waals surface area contributed by atoms with E-state index in [0.717, 1.165) is 0 Å². The molecule has 0 amide bonds. The molecule has 2 fully saturated rings. The predicted octanol–water partition coefficient (Wildman–Crippen LogP) is 3.20. The van der Waals surface area contributed by atoms with E-state index in [9.17, 15) is 18.9 Å². The van der Waals surface area contributed by atoms with E-state index in [1.807, 2.05) is 0 Å². The highest BCUT2D eigenvalue weighted by Crippen LogP contribution is 2.51. The monoisotopic (exact) mass is 705 g/mol. The van der Waals surface area contributed by atoms with Gasteiger partial charge in [0.2, 0.25) is 5.95 Å². The molecule has 6 atom stereocenters. The minimum absolute atomic E-state index is 0.0301. The minimum Gasteiger partial charge on any atom is -0.463 e. The molecule has 3 aromatic rings. The van der Waals surface area contributed by atoms with Gasteiger partial charge in [-0.05, 0) is 59.6 Å². The minimum atomic E-state index is -4.45. The Morgan fingerprint density at radius 3 is 2.53 bits per heavy atom. The first-order valence-electron chi connectivity index (χ1n) is 15.6. The SMILES string of the molecule is CC(C)OC(=O)CCc1ccccc1OP(=O)(N[C@@H](C)C(=O)OC(C)C)OC[C@H]1O[C@@H](n2cnc3c(N)nc(N)nc32)C2(C)OC(=O)OC12. The van der Waals surface area contributed by atoms with Crippen LogP contribution in [0.5, 0.6) is 5.75 Å². The average molecular weight is 706 g/mol. The molecule has 4 heterocycles. The van der Waals surface area contributed by atoms with Crippen LogP contribution in [-0.2, 0) is 48.8 Å². The molecule has 1 aromatic carbocycles. The summed E-state index contributed by atoms with van der Waals surface area (Å²) < 4.78 is 55.7. The van der Waals surface area contributed by atoms with Crippen molar-refractivity contribution in [3.8, 4) is 5.75 Å². The molecule has 266 valence electrons. The van der Waals surface area contributed by atoms with Gasteiger partial charge in [-0.3, -0.25) is 18.7 Å². The third-order valence-corrected chi connectivity index (χ3v) is 9.19. The fourth-order valence-electron chi connectivity index (χ4n) is 5.46. The maximum atomic E-state index is 14.5. The van der Waals surface area contributed by atoms with Gasteiger partial charge in [0.25, 0.3) is 0 Å². The van der Waals surface area contributed by atoms with Crippen molar-refractivity contribution in [1.82, 2.24) is 24.6 Å². The summed E-state index contributed by atoms with van der Waals surface area (Å²) in [4.78, 5) is 49.8. The van der Waals surface area contributed by atoms with Crippen molar-refractivity contribution in [2.24, 2.45) is 0 Å². The topological polar surface area (TPSA) is 241 Å². The van der Waals surface area contributed by atoms with Crippen molar-refractivity contribution in [2.75, 3.05) is 18.1 Å². The van der Waals surface area contributed by atoms with Crippen LogP contribution in [0.3, 0.4) is 0 Å². The van der Waals surface area contributed by atoms with Crippen molar-refractivity contribution < 1.29 is 51.7 Å². The lowest BCUT2D eigenvalue weighted by Gasteiger charge is -2.26. The van der Waals surface area contributed by atoms with Gasteiger partial charge in [-0.15, -0.1) is 0 Å². The summed E-state index contributed by atoms with van der Waals surface area (Å²) in [5, 5.41) is 2.63. The van der Waals surface area contributed by atoms with Crippen LogP contribution in [0.25, 0.3) is 11.2 Å². The highest BCUT2D eigenvalue weighted by molar-refractivity contribution is 7.52. The van der Waals surface area contributed by atoms with Crippen LogP contribution < -0.4 is 21.1 Å². The van der Waals surface area contributed by atoms with Gasteiger partial charge in [-0.25, -0.2) is 14.3 Å². The molecular formula is C30H40N7O11P. The molecule has 2 aliphatic heterocycles. The lowest BCUT2D eigenvalue weighted by atomic mass is 9.96. The van der Waals surface area contributed by atoms with Crippen LogP contribution in [0, 0.1) is 0 Å². The molecule has 18 nitrogen and oxygen atoms in total. The molecule has 49 heavy (non-hydrogen) atoms. The first kappa shape index (κ1) is 35.8. The second kappa shape index (κ2) is 14.2. The van der Waals surface area contributed by atoms with Crippen LogP contribution in [-0.4, -0.2) is 80.3 Å². The van der Waals surface area contributed by atoms with E-state index in [4.69, 9.17) is 44.2 Å². The standard InChI is InChI=1S/C30H40N7O11P/c1-15(2)43-21(38)12-11-18-9-7-8-10-19(18)48-49(41,36-17(5)26(39)44-16(3)4)42-13-20-23-30(6,47-29(40)46-23)27(45-20)37-14-33-22-24(31)34-28(32)35-25(22)37/h7-10,14-17,20,23,27H,11-13H2,1-6H3,(H,36,41)(H4,31,32,34,35)/t17-,20+,23?,27+,30?,49?/m0/s1. The lowest BCUT2D eigenvalue weighted by Crippen LogP contribution is -2.42. The van der Waals surface area contributed by atoms with Gasteiger partial charge in [-0.2, -0.15) is 15.1 Å². The second-order valence-electron chi connectivity index (χ2n) is 12.3. The fraction of sp³-hybridized carbons (Fsp3) is 0.533. The third kappa shape index (κ3) is 7.88. The number of para-hydroxylation sites is 1. The zero-order chi connectivity index (χ0) is 35.7. The molecule has 3 unspecified atom stereocenters. The van der Waals surface area contributed by atoms with Crippen LogP contribution in [0.4, 0.5) is 16.6 Å². The summed E-state index contributed by atoms with van der Waals surface area (Å²) in [6.45, 7) is 9.39. The third-order valence-electron chi connectivity index (χ3n) is 7.56. The lowest BCUT2D eigenvalue weighted by molar-refractivity contribution is -0.149. The maximum absolute atomic E-state index is 14.5. The largest absolute Gasteiger partial charge is 0.509 e. The Morgan fingerprint density at radius 1 is 1.10 bits per heavy atom. The summed E-state index contributed by atoms with van der Waals surface area (Å²) in [6.07, 6.45) is -3.30. The summed E-state index contributed by atoms with van der Waals surface area (Å²) >= 11 is 0. The number of anilines is 2. The zero-order valence-corrected chi connectivity index (χ0v) is 28.7. The second-order valence-corrected chi connectivity index (χ2v) is 14.0. The maximum Gasteiger partial charge on any atom is 0.509 e. The Kier molecular flexibility index (Phi) is 10.3. The fourth-order valence-corrected chi connectivity index (χ4v) is 7.00. The number of esters is 2. The van der Waals surface area contributed by atoms with E-state index in [0.29, 0.717) is 5.56 Å². The number of ether oxygens (including phenoxy) is 5. The Labute approximate surface area is 281 Å². The molecule has 19 heteroatoms. The van der Waals surface area contributed by atoms with E-state index in [-0.39, 0.29) is 47.6 Å². The number of hydrogen-bond acceptors (Lipinski definition) is 16. The number of nitrogens with zero attached hydrogens (tertiary/aromatic N) is 4. The molecule has 2 aromatic heterocycles. The van der Waals surface area contributed by atoms with Gasteiger partial charge in [0, 0.05) is 6.42 Å².